The van der Waals surface area contributed by atoms with Gasteiger partial charge in [-0.05, 0) is 43.2 Å². The third-order valence-electron chi connectivity index (χ3n) is 5.11. The van der Waals surface area contributed by atoms with Gasteiger partial charge in [0, 0.05) is 17.5 Å². The standard InChI is InChI=1S/C24H24N4O3S2.C2H2O4/c1-15-21(33-24(26-15)28-22(29)17-7-5-4-6-8-17)18-14-32-23(27-18)25-12-11-16-9-10-19(30-2)20(13-16)31-3;3-1(4)2(5)6/h4-10,13-14H,11-12H2,1-3H3,(H,25,27)(H,26,28,29);(H,3,4)(H,5,6). The molecule has 11 nitrogen and oxygen atoms in total. The molecule has 4 N–H and O–H groups in total. The van der Waals surface area contributed by atoms with Crippen molar-refractivity contribution in [2.24, 2.45) is 0 Å². The summed E-state index contributed by atoms with van der Waals surface area (Å²) in [5.74, 6) is -2.38. The first-order valence-electron chi connectivity index (χ1n) is 11.4. The van der Waals surface area contributed by atoms with E-state index in [2.05, 4.69) is 15.6 Å². The van der Waals surface area contributed by atoms with Crippen LogP contribution in [0.2, 0.25) is 0 Å². The number of hydrogen-bond donors (Lipinski definition) is 4. The number of methoxy groups -OCH3 is 2. The smallest absolute Gasteiger partial charge is 0.414 e. The summed E-state index contributed by atoms with van der Waals surface area (Å²) >= 11 is 2.97. The zero-order valence-corrected chi connectivity index (χ0v) is 22.9. The zero-order valence-electron chi connectivity index (χ0n) is 21.3. The Morgan fingerprint density at radius 3 is 2.26 bits per heavy atom. The largest absolute Gasteiger partial charge is 0.493 e. The molecule has 0 saturated carbocycles. The Labute approximate surface area is 232 Å². The summed E-state index contributed by atoms with van der Waals surface area (Å²) in [5, 5.41) is 24.4. The number of hydrogen-bond acceptors (Lipinski definition) is 10. The number of amides is 1. The molecule has 0 unspecified atom stereocenters. The number of carbonyl (C=O) groups is 3. The van der Waals surface area contributed by atoms with E-state index in [-0.39, 0.29) is 5.91 Å². The van der Waals surface area contributed by atoms with Crippen LogP contribution in [-0.2, 0) is 16.0 Å². The van der Waals surface area contributed by atoms with E-state index in [1.165, 1.54) is 11.3 Å². The Morgan fingerprint density at radius 1 is 0.923 bits per heavy atom. The Kier molecular flexibility index (Phi) is 10.3. The summed E-state index contributed by atoms with van der Waals surface area (Å²) in [6.07, 6.45) is 0.824. The Balaban J connectivity index is 0.000000631. The molecular weight excluding hydrogens is 544 g/mol. The topological polar surface area (TPSA) is 160 Å². The highest BCUT2D eigenvalue weighted by Gasteiger charge is 2.15. The Hall–Kier alpha value is -4.49. The van der Waals surface area contributed by atoms with Gasteiger partial charge in [0.05, 0.1) is 30.5 Å². The summed E-state index contributed by atoms with van der Waals surface area (Å²) < 4.78 is 10.7. The summed E-state index contributed by atoms with van der Waals surface area (Å²) in [4.78, 5) is 40.8. The van der Waals surface area contributed by atoms with Crippen molar-refractivity contribution in [2.45, 2.75) is 13.3 Å². The molecule has 1 amide bonds. The molecule has 13 heteroatoms. The van der Waals surface area contributed by atoms with E-state index in [4.69, 9.17) is 34.3 Å². The quantitative estimate of drug-likeness (QED) is 0.209. The molecule has 0 fully saturated rings. The number of carbonyl (C=O) groups excluding carboxylic acids is 1. The third kappa shape index (κ3) is 8.25. The first-order chi connectivity index (χ1) is 18.7. The van der Waals surface area contributed by atoms with Gasteiger partial charge in [0.2, 0.25) is 0 Å². The second kappa shape index (κ2) is 13.9. The van der Waals surface area contributed by atoms with Crippen LogP contribution in [0.4, 0.5) is 10.3 Å². The van der Waals surface area contributed by atoms with E-state index < -0.39 is 11.9 Å². The second-order valence-corrected chi connectivity index (χ2v) is 9.63. The van der Waals surface area contributed by atoms with E-state index >= 15 is 0 Å². The van der Waals surface area contributed by atoms with Crippen LogP contribution in [-0.4, -0.2) is 58.8 Å². The van der Waals surface area contributed by atoms with Crippen LogP contribution in [0.3, 0.4) is 0 Å². The van der Waals surface area contributed by atoms with Gasteiger partial charge in [0.15, 0.2) is 21.8 Å². The molecule has 0 aliphatic carbocycles. The first kappa shape index (κ1) is 29.1. The Morgan fingerprint density at radius 2 is 1.62 bits per heavy atom. The predicted octanol–water partition coefficient (Wildman–Crippen LogP) is 4.65. The van der Waals surface area contributed by atoms with Gasteiger partial charge < -0.3 is 25.0 Å². The number of thiazole rings is 2. The molecule has 0 atom stereocenters. The molecule has 0 saturated heterocycles. The number of carboxylic acid groups (broad SMARTS) is 2. The van der Waals surface area contributed by atoms with Crippen molar-refractivity contribution in [1.82, 2.24) is 9.97 Å². The summed E-state index contributed by atoms with van der Waals surface area (Å²) in [5.41, 5.74) is 3.44. The van der Waals surface area contributed by atoms with Crippen molar-refractivity contribution >= 4 is 50.8 Å². The average molecular weight is 571 g/mol. The van der Waals surface area contributed by atoms with Gasteiger partial charge in [0.25, 0.3) is 5.91 Å². The number of aromatic nitrogens is 2. The van der Waals surface area contributed by atoms with Crippen molar-refractivity contribution in [2.75, 3.05) is 31.4 Å². The summed E-state index contributed by atoms with van der Waals surface area (Å²) in [6, 6.07) is 15.0. The monoisotopic (exact) mass is 570 g/mol. The van der Waals surface area contributed by atoms with Gasteiger partial charge in [-0.25, -0.2) is 19.6 Å². The fraction of sp³-hybridized carbons (Fsp3) is 0.192. The number of ether oxygens (including phenoxy) is 2. The number of benzene rings is 2. The van der Waals surface area contributed by atoms with E-state index in [1.807, 2.05) is 48.7 Å². The number of anilines is 2. The summed E-state index contributed by atoms with van der Waals surface area (Å²) in [7, 11) is 3.26. The van der Waals surface area contributed by atoms with Gasteiger partial charge >= 0.3 is 11.9 Å². The normalized spacial score (nSPS) is 10.1. The van der Waals surface area contributed by atoms with Crippen LogP contribution in [0.5, 0.6) is 11.5 Å². The first-order valence-corrected chi connectivity index (χ1v) is 13.1. The van der Waals surface area contributed by atoms with Crippen LogP contribution in [0.15, 0.2) is 53.9 Å². The van der Waals surface area contributed by atoms with Crippen LogP contribution >= 0.6 is 22.7 Å². The molecule has 2 heterocycles. The SMILES string of the molecule is COc1ccc(CCNc2nc(-c3sc(NC(=O)c4ccccc4)nc3C)cs2)cc1OC.O=C(O)C(=O)O. The molecular formula is C26H26N4O7S2. The lowest BCUT2D eigenvalue weighted by Crippen LogP contribution is -2.11. The number of nitrogens with zero attached hydrogens (tertiary/aromatic N) is 2. The molecule has 0 bridgehead atoms. The fourth-order valence-corrected chi connectivity index (χ4v) is 4.98. The summed E-state index contributed by atoms with van der Waals surface area (Å²) in [6.45, 7) is 2.66. The molecule has 0 spiro atoms. The minimum absolute atomic E-state index is 0.174. The van der Waals surface area contributed by atoms with Gasteiger partial charge in [-0.1, -0.05) is 35.6 Å². The van der Waals surface area contributed by atoms with Crippen molar-refractivity contribution in [3.8, 4) is 22.1 Å². The van der Waals surface area contributed by atoms with Crippen molar-refractivity contribution < 1.29 is 34.1 Å². The molecule has 204 valence electrons. The maximum absolute atomic E-state index is 12.4. The predicted molar refractivity (Wildman–Crippen MR) is 149 cm³/mol. The highest BCUT2D eigenvalue weighted by molar-refractivity contribution is 7.20. The maximum Gasteiger partial charge on any atom is 0.414 e. The van der Waals surface area contributed by atoms with Crippen LogP contribution in [0, 0.1) is 6.92 Å². The average Bonchev–Trinajstić information content (AvgIpc) is 3.55. The van der Waals surface area contributed by atoms with Gasteiger partial charge in [-0.2, -0.15) is 0 Å². The number of aliphatic carboxylic acids is 2. The highest BCUT2D eigenvalue weighted by Crippen LogP contribution is 2.35. The number of rotatable bonds is 9. The third-order valence-corrected chi connectivity index (χ3v) is 7.01. The van der Waals surface area contributed by atoms with Crippen molar-refractivity contribution in [3.05, 3.63) is 70.7 Å². The fourth-order valence-electron chi connectivity index (χ4n) is 3.26. The maximum atomic E-state index is 12.4. The van der Waals surface area contributed by atoms with Crippen molar-refractivity contribution in [1.29, 1.82) is 0 Å². The van der Waals surface area contributed by atoms with Crippen LogP contribution in [0.25, 0.3) is 10.6 Å². The van der Waals surface area contributed by atoms with Gasteiger partial charge in [0.1, 0.15) is 0 Å². The molecule has 0 aliphatic rings. The molecule has 4 rings (SSSR count). The molecule has 0 aliphatic heterocycles. The van der Waals surface area contributed by atoms with Gasteiger partial charge in [-0.15, -0.1) is 11.3 Å². The highest BCUT2D eigenvalue weighted by atomic mass is 32.1. The van der Waals surface area contributed by atoms with Gasteiger partial charge in [-0.3, -0.25) is 10.1 Å². The minimum Gasteiger partial charge on any atom is -0.493 e. The molecule has 0 radical (unpaired) electrons. The zero-order chi connectivity index (χ0) is 28.4. The van der Waals surface area contributed by atoms with Crippen LogP contribution < -0.4 is 20.1 Å². The van der Waals surface area contributed by atoms with E-state index in [0.29, 0.717) is 10.7 Å². The molecule has 4 aromatic rings. The lowest BCUT2D eigenvalue weighted by Gasteiger charge is -2.09. The number of aryl methyl sites for hydroxylation is 1. The lowest BCUT2D eigenvalue weighted by molar-refractivity contribution is -0.159. The second-order valence-electron chi connectivity index (χ2n) is 7.77. The molecule has 2 aromatic heterocycles. The minimum atomic E-state index is -1.82. The van der Waals surface area contributed by atoms with E-state index in [0.717, 1.165) is 51.4 Å². The molecule has 2 aromatic carbocycles. The molecule has 39 heavy (non-hydrogen) atoms. The van der Waals surface area contributed by atoms with E-state index in [9.17, 15) is 4.79 Å². The number of carboxylic acids is 2. The Bertz CT molecular complexity index is 1430. The lowest BCUT2D eigenvalue weighted by atomic mass is 10.1. The van der Waals surface area contributed by atoms with Crippen molar-refractivity contribution in [3.63, 3.8) is 0 Å². The number of nitrogens with one attached hydrogen (secondary N) is 2. The van der Waals surface area contributed by atoms with E-state index in [1.54, 1.807) is 37.7 Å². The van der Waals surface area contributed by atoms with Crippen LogP contribution in [0.1, 0.15) is 21.6 Å².